The molecule has 0 radical (unpaired) electrons. The van der Waals surface area contributed by atoms with E-state index in [0.717, 1.165) is 34.3 Å². The fourth-order valence-electron chi connectivity index (χ4n) is 2.52. The maximum atomic E-state index is 12.8. The van der Waals surface area contributed by atoms with E-state index in [0.29, 0.717) is 16.7 Å². The number of thioether (sulfide) groups is 1. The predicted octanol–water partition coefficient (Wildman–Crippen LogP) is 4.13. The van der Waals surface area contributed by atoms with Crippen molar-refractivity contribution in [1.29, 1.82) is 0 Å². The highest BCUT2D eigenvalue weighted by Crippen LogP contribution is 2.39. The van der Waals surface area contributed by atoms with Crippen LogP contribution in [0.25, 0.3) is 5.69 Å². The molecule has 8 heteroatoms. The average molecular weight is 384 g/mol. The number of carbonyl (C=O) groups excluding carboxylic acids is 1. The van der Waals surface area contributed by atoms with Gasteiger partial charge in [0.2, 0.25) is 5.13 Å². The van der Waals surface area contributed by atoms with Gasteiger partial charge in [-0.2, -0.15) is 5.10 Å². The van der Waals surface area contributed by atoms with Gasteiger partial charge in [-0.1, -0.05) is 47.4 Å². The Bertz CT molecular complexity index is 930. The van der Waals surface area contributed by atoms with Crippen molar-refractivity contribution in [2.24, 2.45) is 0 Å². The summed E-state index contributed by atoms with van der Waals surface area (Å²) in [6, 6.07) is 11.6. The van der Waals surface area contributed by atoms with Crippen LogP contribution in [0.5, 0.6) is 0 Å². The van der Waals surface area contributed by atoms with E-state index in [2.05, 4.69) is 27.2 Å². The Labute approximate surface area is 159 Å². The standard InChI is InChI=1S/C18H17N5OS2/c1-2-10-25-18-21-20-17(26-18)19-16(24)15-11-14(12-8-9-12)22-23(15)13-6-4-3-5-7-13/h2-7,11-12H,1,8-10H2,(H,19,20,24). The van der Waals surface area contributed by atoms with Crippen LogP contribution in [0.2, 0.25) is 0 Å². The first kappa shape index (κ1) is 17.0. The first-order chi connectivity index (χ1) is 12.7. The van der Waals surface area contributed by atoms with E-state index in [1.165, 1.54) is 23.1 Å². The van der Waals surface area contributed by atoms with Crippen molar-refractivity contribution in [3.05, 3.63) is 60.4 Å². The predicted molar refractivity (Wildman–Crippen MR) is 104 cm³/mol. The number of anilines is 1. The van der Waals surface area contributed by atoms with Gasteiger partial charge in [0.25, 0.3) is 5.91 Å². The molecule has 0 spiro atoms. The number of benzene rings is 1. The van der Waals surface area contributed by atoms with Gasteiger partial charge >= 0.3 is 0 Å². The zero-order valence-electron chi connectivity index (χ0n) is 14.0. The van der Waals surface area contributed by atoms with Crippen LogP contribution in [-0.2, 0) is 0 Å². The van der Waals surface area contributed by atoms with E-state index in [1.807, 2.05) is 42.5 Å². The van der Waals surface area contributed by atoms with Crippen molar-refractivity contribution in [3.8, 4) is 5.69 Å². The molecule has 2 aromatic heterocycles. The molecule has 0 bridgehead atoms. The quantitative estimate of drug-likeness (QED) is 0.377. The number of hydrogen-bond acceptors (Lipinski definition) is 6. The Morgan fingerprint density at radius 3 is 2.88 bits per heavy atom. The van der Waals surface area contributed by atoms with Crippen LogP contribution in [0.3, 0.4) is 0 Å². The lowest BCUT2D eigenvalue weighted by Crippen LogP contribution is -2.16. The first-order valence-electron chi connectivity index (χ1n) is 8.28. The topological polar surface area (TPSA) is 72.7 Å². The maximum absolute atomic E-state index is 12.8. The minimum Gasteiger partial charge on any atom is -0.295 e. The Kier molecular flexibility index (Phi) is 4.85. The summed E-state index contributed by atoms with van der Waals surface area (Å²) < 4.78 is 2.51. The zero-order valence-corrected chi connectivity index (χ0v) is 15.6. The highest BCUT2D eigenvalue weighted by atomic mass is 32.2. The Morgan fingerprint density at radius 2 is 2.15 bits per heavy atom. The summed E-state index contributed by atoms with van der Waals surface area (Å²) >= 11 is 2.89. The maximum Gasteiger partial charge on any atom is 0.276 e. The molecule has 1 amide bonds. The van der Waals surface area contributed by atoms with Crippen LogP contribution in [0, 0.1) is 0 Å². The van der Waals surface area contributed by atoms with Crippen molar-refractivity contribution in [2.75, 3.05) is 11.1 Å². The summed E-state index contributed by atoms with van der Waals surface area (Å²) in [6.07, 6.45) is 4.07. The zero-order chi connectivity index (χ0) is 17.9. The number of nitrogens with zero attached hydrogens (tertiary/aromatic N) is 4. The van der Waals surface area contributed by atoms with Crippen LogP contribution in [0.15, 0.2) is 53.4 Å². The molecular weight excluding hydrogens is 366 g/mol. The molecule has 0 atom stereocenters. The molecule has 1 aliphatic rings. The van der Waals surface area contributed by atoms with Gasteiger partial charge in [-0.05, 0) is 31.0 Å². The number of nitrogens with one attached hydrogen (secondary N) is 1. The van der Waals surface area contributed by atoms with Gasteiger partial charge in [-0.15, -0.1) is 16.8 Å². The molecular formula is C18H17N5OS2. The van der Waals surface area contributed by atoms with Crippen LogP contribution in [0.1, 0.15) is 34.9 Å². The highest BCUT2D eigenvalue weighted by Gasteiger charge is 2.29. The summed E-state index contributed by atoms with van der Waals surface area (Å²) in [7, 11) is 0. The number of rotatable bonds is 7. The second-order valence-electron chi connectivity index (χ2n) is 5.90. The lowest BCUT2D eigenvalue weighted by molar-refractivity contribution is 0.101. The number of para-hydroxylation sites is 1. The summed E-state index contributed by atoms with van der Waals surface area (Å²) in [4.78, 5) is 12.8. The molecule has 0 saturated heterocycles. The normalized spacial score (nSPS) is 13.5. The molecule has 0 unspecified atom stereocenters. The number of hydrogen-bond donors (Lipinski definition) is 1. The molecule has 2 heterocycles. The van der Waals surface area contributed by atoms with E-state index in [4.69, 9.17) is 0 Å². The fraction of sp³-hybridized carbons (Fsp3) is 0.222. The van der Waals surface area contributed by atoms with Gasteiger partial charge < -0.3 is 0 Å². The number of carbonyl (C=O) groups is 1. The first-order valence-corrected chi connectivity index (χ1v) is 10.1. The SMILES string of the molecule is C=CCSc1nnc(NC(=O)c2cc(C3CC3)nn2-c2ccccc2)s1. The lowest BCUT2D eigenvalue weighted by atomic mass is 10.2. The second kappa shape index (κ2) is 7.43. The van der Waals surface area contributed by atoms with E-state index in [-0.39, 0.29) is 5.91 Å². The summed E-state index contributed by atoms with van der Waals surface area (Å²) in [6.45, 7) is 3.69. The largest absolute Gasteiger partial charge is 0.295 e. The van der Waals surface area contributed by atoms with Crippen molar-refractivity contribution < 1.29 is 4.79 Å². The third kappa shape index (κ3) is 3.71. The van der Waals surface area contributed by atoms with Crippen molar-refractivity contribution in [3.63, 3.8) is 0 Å². The second-order valence-corrected chi connectivity index (χ2v) is 8.15. The number of amides is 1. The van der Waals surface area contributed by atoms with E-state index in [1.54, 1.807) is 4.68 Å². The lowest BCUT2D eigenvalue weighted by Gasteiger charge is -2.06. The van der Waals surface area contributed by atoms with Crippen LogP contribution in [-0.4, -0.2) is 31.6 Å². The molecule has 1 aromatic carbocycles. The smallest absolute Gasteiger partial charge is 0.276 e. The van der Waals surface area contributed by atoms with Gasteiger partial charge in [0, 0.05) is 11.7 Å². The van der Waals surface area contributed by atoms with Crippen molar-refractivity contribution in [2.45, 2.75) is 23.1 Å². The van der Waals surface area contributed by atoms with Crippen LogP contribution < -0.4 is 5.32 Å². The summed E-state index contributed by atoms with van der Waals surface area (Å²) in [5.41, 5.74) is 2.34. The molecule has 132 valence electrons. The van der Waals surface area contributed by atoms with Gasteiger partial charge in [0.05, 0.1) is 11.4 Å². The molecule has 1 fully saturated rings. The van der Waals surface area contributed by atoms with E-state index >= 15 is 0 Å². The Hall–Kier alpha value is -2.45. The molecule has 26 heavy (non-hydrogen) atoms. The van der Waals surface area contributed by atoms with Crippen LogP contribution in [0.4, 0.5) is 5.13 Å². The molecule has 1 saturated carbocycles. The molecule has 1 aliphatic carbocycles. The van der Waals surface area contributed by atoms with Crippen molar-refractivity contribution >= 4 is 34.1 Å². The number of aromatic nitrogens is 4. The van der Waals surface area contributed by atoms with Gasteiger partial charge in [0.15, 0.2) is 4.34 Å². The summed E-state index contributed by atoms with van der Waals surface area (Å²) in [5, 5.41) is 16.1. The Morgan fingerprint density at radius 1 is 1.35 bits per heavy atom. The molecule has 0 aliphatic heterocycles. The monoisotopic (exact) mass is 383 g/mol. The van der Waals surface area contributed by atoms with Gasteiger partial charge in [-0.25, -0.2) is 4.68 Å². The third-order valence-electron chi connectivity index (χ3n) is 3.91. The Balaban J connectivity index is 1.58. The molecule has 1 N–H and O–H groups in total. The van der Waals surface area contributed by atoms with E-state index in [9.17, 15) is 4.79 Å². The fourth-order valence-corrected chi connectivity index (χ4v) is 4.02. The minimum absolute atomic E-state index is 0.232. The van der Waals surface area contributed by atoms with Gasteiger partial charge in [0.1, 0.15) is 5.69 Å². The highest BCUT2D eigenvalue weighted by molar-refractivity contribution is 8.01. The molecule has 3 aromatic rings. The molecule has 4 rings (SSSR count). The summed E-state index contributed by atoms with van der Waals surface area (Å²) in [5.74, 6) is 0.994. The molecule has 6 nitrogen and oxygen atoms in total. The third-order valence-corrected chi connectivity index (χ3v) is 5.88. The van der Waals surface area contributed by atoms with Gasteiger partial charge in [-0.3, -0.25) is 10.1 Å². The van der Waals surface area contributed by atoms with Crippen LogP contribution >= 0.6 is 23.1 Å². The minimum atomic E-state index is -0.232. The van der Waals surface area contributed by atoms with E-state index < -0.39 is 0 Å². The average Bonchev–Trinajstić information content (AvgIpc) is 3.26. The van der Waals surface area contributed by atoms with Crippen molar-refractivity contribution in [1.82, 2.24) is 20.0 Å².